The summed E-state index contributed by atoms with van der Waals surface area (Å²) in [5, 5.41) is 2.68. The molecule has 0 unspecified atom stereocenters. The third-order valence-electron chi connectivity index (χ3n) is 7.88. The summed E-state index contributed by atoms with van der Waals surface area (Å²) < 4.78 is 21.4. The van der Waals surface area contributed by atoms with Gasteiger partial charge in [-0.05, 0) is 64.7 Å². The van der Waals surface area contributed by atoms with E-state index in [1.165, 1.54) is 12.3 Å². The van der Waals surface area contributed by atoms with Gasteiger partial charge in [-0.2, -0.15) is 0 Å². The summed E-state index contributed by atoms with van der Waals surface area (Å²) in [7, 11) is 3.81. The molecule has 0 atom stereocenters. The van der Waals surface area contributed by atoms with Crippen LogP contribution in [0.1, 0.15) is 42.3 Å². The number of pyridine rings is 1. The number of amides is 3. The molecule has 3 aromatic carbocycles. The third kappa shape index (κ3) is 5.21. The van der Waals surface area contributed by atoms with Crippen LogP contribution >= 0.6 is 0 Å². The maximum Gasteiger partial charge on any atom is 0.267 e. The van der Waals surface area contributed by atoms with Crippen LogP contribution in [0, 0.1) is 5.82 Å². The molecule has 9 nitrogen and oxygen atoms in total. The van der Waals surface area contributed by atoms with Crippen LogP contribution in [-0.4, -0.2) is 68.0 Å². The van der Waals surface area contributed by atoms with Gasteiger partial charge in [0.2, 0.25) is 0 Å². The first kappa shape index (κ1) is 28.0. The van der Waals surface area contributed by atoms with Crippen LogP contribution < -0.4 is 16.0 Å². The number of nitrogens with zero attached hydrogens (tertiary/aromatic N) is 3. The Kier molecular flexibility index (Phi) is 7.37. The van der Waals surface area contributed by atoms with Gasteiger partial charge >= 0.3 is 0 Å². The maximum atomic E-state index is 16.1. The van der Waals surface area contributed by atoms with Gasteiger partial charge in [0, 0.05) is 67.7 Å². The van der Waals surface area contributed by atoms with Crippen LogP contribution in [0.3, 0.4) is 0 Å². The van der Waals surface area contributed by atoms with Crippen molar-refractivity contribution in [1.82, 2.24) is 9.88 Å². The number of fused-ring (bicyclic) bond motifs is 3. The first-order valence-electron chi connectivity index (χ1n) is 13.9. The van der Waals surface area contributed by atoms with Gasteiger partial charge < -0.3 is 25.6 Å². The number of anilines is 2. The molecule has 3 N–H and O–H groups in total. The summed E-state index contributed by atoms with van der Waals surface area (Å²) in [5.74, 6) is -1.87. The molecular formula is C33H30FN5O4. The molecule has 1 aliphatic heterocycles. The summed E-state index contributed by atoms with van der Waals surface area (Å²) >= 11 is 0. The van der Waals surface area contributed by atoms with Crippen LogP contribution in [0.25, 0.3) is 22.3 Å². The number of morpholine rings is 1. The van der Waals surface area contributed by atoms with Crippen molar-refractivity contribution in [3.8, 4) is 22.3 Å². The van der Waals surface area contributed by atoms with Gasteiger partial charge in [0.25, 0.3) is 17.7 Å². The zero-order chi connectivity index (χ0) is 30.2. The summed E-state index contributed by atoms with van der Waals surface area (Å²) in [6.07, 6.45) is 1.75. The Morgan fingerprint density at radius 3 is 2.37 bits per heavy atom. The number of hydrogen-bond donors (Lipinski definition) is 2. The summed E-state index contributed by atoms with van der Waals surface area (Å²) in [6.45, 7) is 2.02. The van der Waals surface area contributed by atoms with Gasteiger partial charge in [0.05, 0.1) is 18.9 Å². The molecule has 218 valence electrons. The largest absolute Gasteiger partial charge is 0.378 e. The quantitative estimate of drug-likeness (QED) is 0.309. The molecular weight excluding hydrogens is 549 g/mol. The number of halogens is 1. The topological polar surface area (TPSA) is 118 Å². The molecule has 4 aromatic rings. The fraction of sp³-hybridized carbons (Fsp3) is 0.212. The average molecular weight is 580 g/mol. The predicted octanol–water partition coefficient (Wildman–Crippen LogP) is 4.35. The molecule has 3 amide bonds. The van der Waals surface area contributed by atoms with Crippen LogP contribution in [-0.2, 0) is 11.2 Å². The second-order valence-electron chi connectivity index (χ2n) is 10.8. The minimum absolute atomic E-state index is 0.0107. The van der Waals surface area contributed by atoms with Gasteiger partial charge in [0.1, 0.15) is 5.69 Å². The van der Waals surface area contributed by atoms with E-state index < -0.39 is 17.6 Å². The molecule has 0 radical (unpaired) electrons. The van der Waals surface area contributed by atoms with E-state index in [0.717, 1.165) is 16.8 Å². The summed E-state index contributed by atoms with van der Waals surface area (Å²) in [5.41, 5.74) is 11.1. The number of ether oxygens (including phenoxy) is 1. The highest BCUT2D eigenvalue weighted by Gasteiger charge is 2.30. The molecule has 10 heteroatoms. The molecule has 1 aliphatic carbocycles. The molecule has 6 rings (SSSR count). The van der Waals surface area contributed by atoms with E-state index >= 15 is 4.39 Å². The van der Waals surface area contributed by atoms with Crippen LogP contribution in [0.5, 0.6) is 0 Å². The van der Waals surface area contributed by atoms with Gasteiger partial charge in [-0.15, -0.1) is 0 Å². The first-order chi connectivity index (χ1) is 20.7. The van der Waals surface area contributed by atoms with Crippen molar-refractivity contribution in [2.24, 2.45) is 5.73 Å². The number of nitrogens with two attached hydrogens (primary N) is 1. The lowest BCUT2D eigenvalue weighted by atomic mass is 9.94. The zero-order valence-corrected chi connectivity index (χ0v) is 23.8. The normalized spacial score (nSPS) is 13.7. The van der Waals surface area contributed by atoms with Crippen molar-refractivity contribution < 1.29 is 23.5 Å². The minimum atomic E-state index is -0.693. The molecule has 1 fully saturated rings. The maximum absolute atomic E-state index is 16.1. The molecule has 0 bridgehead atoms. The Morgan fingerprint density at radius 1 is 0.953 bits per heavy atom. The third-order valence-corrected chi connectivity index (χ3v) is 7.88. The smallest absolute Gasteiger partial charge is 0.267 e. The minimum Gasteiger partial charge on any atom is -0.378 e. The van der Waals surface area contributed by atoms with Gasteiger partial charge in [-0.25, -0.2) is 4.39 Å². The van der Waals surface area contributed by atoms with Crippen LogP contribution in [0.4, 0.5) is 15.8 Å². The highest BCUT2D eigenvalue weighted by Crippen LogP contribution is 2.45. The number of benzene rings is 3. The molecule has 0 spiro atoms. The van der Waals surface area contributed by atoms with Crippen molar-refractivity contribution in [3.63, 3.8) is 0 Å². The number of carbonyl (C=O) groups excluding carboxylic acids is 3. The fourth-order valence-corrected chi connectivity index (χ4v) is 5.65. The van der Waals surface area contributed by atoms with E-state index in [1.807, 2.05) is 43.3 Å². The van der Waals surface area contributed by atoms with Gasteiger partial charge in [0.15, 0.2) is 5.82 Å². The van der Waals surface area contributed by atoms with Crippen molar-refractivity contribution in [1.29, 1.82) is 0 Å². The Labute approximate surface area is 248 Å². The lowest BCUT2D eigenvalue weighted by Crippen LogP contribution is -2.40. The molecule has 1 saturated heterocycles. The fourth-order valence-electron chi connectivity index (χ4n) is 5.65. The lowest BCUT2D eigenvalue weighted by molar-refractivity contribution is 0.0303. The average Bonchev–Trinajstić information content (AvgIpc) is 3.40. The SMILES string of the molecule is CN(C)c1ccc(C(=O)Nc2cccc(-c3cnc(C(N)=O)c4c3-c3ccc(C(=O)N5CCOCC5)cc3C4)c2F)cc1. The van der Waals surface area contributed by atoms with Gasteiger partial charge in [-0.3, -0.25) is 19.4 Å². The summed E-state index contributed by atoms with van der Waals surface area (Å²) in [4.78, 5) is 46.5. The van der Waals surface area contributed by atoms with E-state index in [0.29, 0.717) is 60.5 Å². The van der Waals surface area contributed by atoms with Crippen LogP contribution in [0.2, 0.25) is 0 Å². The molecule has 1 aromatic heterocycles. The zero-order valence-electron chi connectivity index (χ0n) is 23.8. The monoisotopic (exact) mass is 579 g/mol. The lowest BCUT2D eigenvalue weighted by Gasteiger charge is -2.27. The number of hydrogen-bond acceptors (Lipinski definition) is 6. The van der Waals surface area contributed by atoms with Crippen LogP contribution in [0.15, 0.2) is 66.9 Å². The first-order valence-corrected chi connectivity index (χ1v) is 13.9. The Bertz CT molecular complexity index is 1760. The van der Waals surface area contributed by atoms with E-state index in [2.05, 4.69) is 10.3 Å². The van der Waals surface area contributed by atoms with Crippen molar-refractivity contribution in [2.75, 3.05) is 50.6 Å². The number of primary amides is 1. The van der Waals surface area contributed by atoms with E-state index in [1.54, 1.807) is 35.2 Å². The van der Waals surface area contributed by atoms with E-state index in [-0.39, 0.29) is 22.9 Å². The summed E-state index contributed by atoms with van der Waals surface area (Å²) in [6, 6.07) is 17.1. The molecule has 2 aliphatic rings. The number of aromatic nitrogens is 1. The molecule has 43 heavy (non-hydrogen) atoms. The molecule has 2 heterocycles. The Balaban J connectivity index is 1.37. The van der Waals surface area contributed by atoms with Crippen molar-refractivity contribution >= 4 is 29.1 Å². The Morgan fingerprint density at radius 2 is 1.67 bits per heavy atom. The molecule has 0 saturated carbocycles. The van der Waals surface area contributed by atoms with E-state index in [4.69, 9.17) is 10.5 Å². The second-order valence-corrected chi connectivity index (χ2v) is 10.8. The highest BCUT2D eigenvalue weighted by molar-refractivity contribution is 6.05. The number of rotatable bonds is 6. The Hall–Kier alpha value is -5.09. The number of carbonyl (C=O) groups is 3. The second kappa shape index (κ2) is 11.3. The van der Waals surface area contributed by atoms with E-state index in [9.17, 15) is 14.4 Å². The number of nitrogens with one attached hydrogen (secondary N) is 1. The van der Waals surface area contributed by atoms with Crippen molar-refractivity contribution in [3.05, 3.63) is 101 Å². The predicted molar refractivity (Wildman–Crippen MR) is 162 cm³/mol. The standard InChI is InChI=1S/C33H30FN5O4/c1-38(2)22-9-6-19(7-10-22)32(41)37-27-5-3-4-24(29(27)34)26-18-36-30(31(35)40)25-17-21-16-20(8-11-23(21)28(25)26)33(42)39-12-14-43-15-13-39/h3-11,16,18H,12-15,17H2,1-2H3,(H2,35,40)(H,37,41). The highest BCUT2D eigenvalue weighted by atomic mass is 19.1. The van der Waals surface area contributed by atoms with Gasteiger partial charge in [-0.1, -0.05) is 18.2 Å². The van der Waals surface area contributed by atoms with Crippen molar-refractivity contribution in [2.45, 2.75) is 6.42 Å².